The number of hydrogen-bond acceptors (Lipinski definition) is 4. The Morgan fingerprint density at radius 2 is 2.00 bits per heavy atom. The van der Waals surface area contributed by atoms with E-state index in [1.165, 1.54) is 0 Å². The summed E-state index contributed by atoms with van der Waals surface area (Å²) < 4.78 is 43.2. The molecule has 0 radical (unpaired) electrons. The summed E-state index contributed by atoms with van der Waals surface area (Å²) in [5, 5.41) is 15.9. The number of ether oxygens (including phenoxy) is 1. The van der Waals surface area contributed by atoms with Crippen LogP contribution in [0.2, 0.25) is 0 Å². The highest BCUT2D eigenvalue weighted by Crippen LogP contribution is 2.18. The van der Waals surface area contributed by atoms with Gasteiger partial charge in [0.05, 0.1) is 6.08 Å². The van der Waals surface area contributed by atoms with Crippen molar-refractivity contribution >= 4 is 7.32 Å². The number of alkyl halides is 2. The van der Waals surface area contributed by atoms with Gasteiger partial charge in [-0.1, -0.05) is 0 Å². The molecule has 0 amide bonds. The molecule has 0 aromatic carbocycles. The molecule has 2 N–H and O–H groups in total. The molecule has 0 saturated heterocycles. The van der Waals surface area contributed by atoms with E-state index < -0.39 is 19.4 Å². The molecule has 0 aliphatic heterocycles. The lowest BCUT2D eigenvalue weighted by Gasteiger charge is -2.08. The second-order valence-electron chi connectivity index (χ2n) is 1.66. The molecule has 0 aliphatic rings. The summed E-state index contributed by atoms with van der Waals surface area (Å²) in [7, 11) is -1.83. The number of methoxy groups -OCH3 is 1. The topological polar surface area (TPSA) is 58.9 Å². The minimum atomic E-state index is -3.83. The van der Waals surface area contributed by atoms with Gasteiger partial charge in [-0.15, -0.1) is 0 Å². The molecule has 0 aromatic rings. The molecule has 0 aliphatic carbocycles. The first kappa shape index (κ1) is 11.3. The molecular formula is C4H6BF3O4. The third-order valence-corrected chi connectivity index (χ3v) is 0.772. The molecular weight excluding hydrogens is 180 g/mol. The van der Waals surface area contributed by atoms with Crippen LogP contribution in [0.15, 0.2) is 12.1 Å². The molecule has 0 bridgehead atoms. The van der Waals surface area contributed by atoms with Gasteiger partial charge in [0.2, 0.25) is 0 Å². The van der Waals surface area contributed by atoms with Crippen molar-refractivity contribution in [3.05, 3.63) is 12.1 Å². The van der Waals surface area contributed by atoms with Gasteiger partial charge < -0.3 is 19.4 Å². The van der Waals surface area contributed by atoms with Gasteiger partial charge >= 0.3 is 13.4 Å². The average molecular weight is 186 g/mol. The van der Waals surface area contributed by atoms with Crippen molar-refractivity contribution in [2.24, 2.45) is 0 Å². The van der Waals surface area contributed by atoms with Crippen molar-refractivity contribution in [2.45, 2.75) is 6.11 Å². The van der Waals surface area contributed by atoms with E-state index in [0.29, 0.717) is 7.11 Å². The Kier molecular flexibility index (Phi) is 4.08. The van der Waals surface area contributed by atoms with E-state index in [4.69, 9.17) is 10.0 Å². The average Bonchev–Trinajstić information content (AvgIpc) is 1.84. The van der Waals surface area contributed by atoms with Gasteiger partial charge in [-0.05, 0) is 0 Å². The van der Waals surface area contributed by atoms with Crippen molar-refractivity contribution in [3.63, 3.8) is 0 Å². The third kappa shape index (κ3) is 5.00. The number of rotatable bonds is 4. The number of hydrogen-bond donors (Lipinski definition) is 2. The van der Waals surface area contributed by atoms with Crippen LogP contribution >= 0.6 is 0 Å². The van der Waals surface area contributed by atoms with Gasteiger partial charge in [0.1, 0.15) is 0 Å². The van der Waals surface area contributed by atoms with E-state index >= 15 is 0 Å². The van der Waals surface area contributed by atoms with Crippen LogP contribution < -0.4 is 0 Å². The molecule has 0 rings (SSSR count). The molecule has 70 valence electrons. The molecule has 12 heavy (non-hydrogen) atoms. The van der Waals surface area contributed by atoms with E-state index in [2.05, 4.69) is 9.39 Å². The summed E-state index contributed by atoms with van der Waals surface area (Å²) in [6.45, 7) is 0. The maximum Gasteiger partial charge on any atom is 0.709 e. The molecule has 8 heteroatoms. The van der Waals surface area contributed by atoms with E-state index in [9.17, 15) is 13.2 Å². The van der Waals surface area contributed by atoms with Gasteiger partial charge in [0, 0.05) is 7.11 Å². The predicted molar refractivity (Wildman–Crippen MR) is 32.4 cm³/mol. The second-order valence-corrected chi connectivity index (χ2v) is 1.66. The molecule has 0 heterocycles. The summed E-state index contributed by atoms with van der Waals surface area (Å²) in [4.78, 5) is 0. The first-order chi connectivity index (χ1) is 5.37. The Balaban J connectivity index is 4.15. The van der Waals surface area contributed by atoms with Gasteiger partial charge in [-0.25, -0.2) is 0 Å². The van der Waals surface area contributed by atoms with Crippen LogP contribution in [0.25, 0.3) is 0 Å². The molecule has 0 unspecified atom stereocenters. The zero-order valence-corrected chi connectivity index (χ0v) is 6.00. The van der Waals surface area contributed by atoms with Crippen LogP contribution in [0.3, 0.4) is 0 Å². The first-order valence-corrected chi connectivity index (χ1v) is 2.71. The predicted octanol–water partition coefficient (Wildman–Crippen LogP) is 0.0226. The standard InChI is InChI=1S/C4H6BF3O4/c1-11-4(7,8)2-3(6)12-5(9)10/h2,9-10H,1H3/b3-2+. The van der Waals surface area contributed by atoms with Crippen LogP contribution in [0.4, 0.5) is 13.2 Å². The van der Waals surface area contributed by atoms with Gasteiger partial charge in [-0.2, -0.15) is 13.2 Å². The van der Waals surface area contributed by atoms with E-state index in [1.807, 2.05) is 0 Å². The van der Waals surface area contributed by atoms with Crippen molar-refractivity contribution in [1.29, 1.82) is 0 Å². The summed E-state index contributed by atoms with van der Waals surface area (Å²) in [5.41, 5.74) is 0. The van der Waals surface area contributed by atoms with E-state index in [0.717, 1.165) is 0 Å². The Bertz CT molecular complexity index is 172. The fraction of sp³-hybridized carbons (Fsp3) is 0.500. The quantitative estimate of drug-likeness (QED) is 0.479. The Morgan fingerprint density at radius 1 is 1.50 bits per heavy atom. The normalized spacial score (nSPS) is 13.0. The lowest BCUT2D eigenvalue weighted by Crippen LogP contribution is -2.19. The Labute approximate surface area is 66.4 Å². The molecule has 0 spiro atoms. The van der Waals surface area contributed by atoms with Crippen LogP contribution in [0.1, 0.15) is 0 Å². The van der Waals surface area contributed by atoms with Crippen LogP contribution in [-0.4, -0.2) is 30.6 Å². The molecule has 0 atom stereocenters. The minimum Gasteiger partial charge on any atom is -0.490 e. The number of halogens is 3. The Hall–Kier alpha value is -0.725. The van der Waals surface area contributed by atoms with Crippen molar-refractivity contribution in [3.8, 4) is 0 Å². The van der Waals surface area contributed by atoms with Gasteiger partial charge in [0.25, 0.3) is 6.01 Å². The second kappa shape index (κ2) is 4.34. The molecule has 0 saturated carbocycles. The monoisotopic (exact) mass is 186 g/mol. The van der Waals surface area contributed by atoms with Gasteiger partial charge in [-0.3, -0.25) is 0 Å². The van der Waals surface area contributed by atoms with Gasteiger partial charge in [0.15, 0.2) is 0 Å². The van der Waals surface area contributed by atoms with E-state index in [-0.39, 0.29) is 6.08 Å². The lowest BCUT2D eigenvalue weighted by atomic mass is 10.3. The fourth-order valence-corrected chi connectivity index (χ4v) is 0.326. The smallest absolute Gasteiger partial charge is 0.490 e. The van der Waals surface area contributed by atoms with Crippen molar-refractivity contribution in [2.75, 3.05) is 7.11 Å². The van der Waals surface area contributed by atoms with Crippen LogP contribution in [-0.2, 0) is 9.39 Å². The summed E-state index contributed by atoms with van der Waals surface area (Å²) in [6, 6.07) is -1.84. The SMILES string of the molecule is COC(F)(F)/C=C(\F)OB(O)O. The highest BCUT2D eigenvalue weighted by Gasteiger charge is 2.28. The highest BCUT2D eigenvalue weighted by molar-refractivity contribution is 6.33. The molecule has 0 aromatic heterocycles. The lowest BCUT2D eigenvalue weighted by molar-refractivity contribution is -0.183. The Morgan fingerprint density at radius 3 is 2.33 bits per heavy atom. The van der Waals surface area contributed by atoms with Crippen molar-refractivity contribution < 1.29 is 32.6 Å². The first-order valence-electron chi connectivity index (χ1n) is 2.71. The van der Waals surface area contributed by atoms with Crippen LogP contribution in [0.5, 0.6) is 0 Å². The fourth-order valence-electron chi connectivity index (χ4n) is 0.326. The van der Waals surface area contributed by atoms with Crippen molar-refractivity contribution in [1.82, 2.24) is 0 Å². The summed E-state index contributed by atoms with van der Waals surface area (Å²) in [6.07, 6.45) is -4.18. The van der Waals surface area contributed by atoms with Crippen LogP contribution in [0, 0.1) is 0 Å². The highest BCUT2D eigenvalue weighted by atomic mass is 19.3. The zero-order chi connectivity index (χ0) is 9.78. The zero-order valence-electron chi connectivity index (χ0n) is 6.00. The minimum absolute atomic E-state index is 0.341. The third-order valence-electron chi connectivity index (χ3n) is 0.772. The maximum absolute atomic E-state index is 12.1. The molecule has 0 fully saturated rings. The summed E-state index contributed by atoms with van der Waals surface area (Å²) >= 11 is 0. The van der Waals surface area contributed by atoms with E-state index in [1.54, 1.807) is 0 Å². The molecule has 4 nitrogen and oxygen atoms in total. The summed E-state index contributed by atoms with van der Waals surface area (Å²) in [5.74, 6) is 0. The largest absolute Gasteiger partial charge is 0.709 e. The maximum atomic E-state index is 12.1.